The van der Waals surface area contributed by atoms with Crippen LogP contribution in [0.15, 0.2) is 36.9 Å². The van der Waals surface area contributed by atoms with Crippen LogP contribution < -0.4 is 10.6 Å². The molecule has 0 saturated carbocycles. The first kappa shape index (κ1) is 11.3. The number of nitrogens with zero attached hydrogens (tertiary/aromatic N) is 2. The first-order valence-corrected chi connectivity index (χ1v) is 6.17. The molecule has 2 aromatic rings. The fraction of sp³-hybridized carbons (Fsp3) is 0.286. The normalized spacial score (nSPS) is 15.6. The van der Waals surface area contributed by atoms with Gasteiger partial charge in [-0.05, 0) is 22.3 Å². The molecule has 0 unspecified atom stereocenters. The van der Waals surface area contributed by atoms with Crippen LogP contribution in [0.1, 0.15) is 22.3 Å². The molecular weight excluding hydrogens is 224 g/mol. The van der Waals surface area contributed by atoms with Gasteiger partial charge in [-0.15, -0.1) is 0 Å². The number of hydrogen-bond donors (Lipinski definition) is 2. The summed E-state index contributed by atoms with van der Waals surface area (Å²) >= 11 is 0. The Morgan fingerprint density at radius 2 is 0.944 bits per heavy atom. The van der Waals surface area contributed by atoms with E-state index in [1.807, 2.05) is 24.8 Å². The fourth-order valence-electron chi connectivity index (χ4n) is 2.17. The quantitative estimate of drug-likeness (QED) is 0.730. The number of pyridine rings is 2. The van der Waals surface area contributed by atoms with E-state index >= 15 is 0 Å². The van der Waals surface area contributed by atoms with Crippen LogP contribution in [0.3, 0.4) is 0 Å². The Labute approximate surface area is 106 Å². The highest BCUT2D eigenvalue weighted by Crippen LogP contribution is 2.07. The van der Waals surface area contributed by atoms with E-state index in [9.17, 15) is 0 Å². The topological polar surface area (TPSA) is 49.8 Å². The van der Waals surface area contributed by atoms with Gasteiger partial charge in [0.1, 0.15) is 0 Å². The Morgan fingerprint density at radius 1 is 0.611 bits per heavy atom. The number of rotatable bonds is 0. The Balaban J connectivity index is 1.84. The lowest BCUT2D eigenvalue weighted by Gasteiger charge is -2.11. The SMILES string of the molecule is c1ncc2cc1CNCc1cncc(c1)CNC2. The van der Waals surface area contributed by atoms with Gasteiger partial charge in [-0.1, -0.05) is 12.1 Å². The standard InChI is InChI=1S/C14H16N4/c1-11-3-15-4-12(1)8-18-10-14-2-13(5-16-6-14)9-17-7-11/h1-6,17-18H,7-10H2. The maximum Gasteiger partial charge on any atom is 0.0313 e. The molecule has 0 spiro atoms. The second-order valence-corrected chi connectivity index (χ2v) is 4.61. The molecule has 0 fully saturated rings. The average Bonchev–Trinajstić information content (AvgIpc) is 2.39. The van der Waals surface area contributed by atoms with E-state index in [1.54, 1.807) is 0 Å². The predicted octanol–water partition coefficient (Wildman–Crippen LogP) is 1.37. The second-order valence-electron chi connectivity index (χ2n) is 4.61. The fourth-order valence-corrected chi connectivity index (χ4v) is 2.17. The molecule has 3 heterocycles. The molecule has 4 nitrogen and oxygen atoms in total. The van der Waals surface area contributed by atoms with Crippen molar-refractivity contribution in [1.29, 1.82) is 0 Å². The summed E-state index contributed by atoms with van der Waals surface area (Å²) in [6.45, 7) is 3.35. The van der Waals surface area contributed by atoms with Crippen molar-refractivity contribution in [2.75, 3.05) is 0 Å². The lowest BCUT2D eigenvalue weighted by atomic mass is 10.1. The van der Waals surface area contributed by atoms with Crippen molar-refractivity contribution in [3.05, 3.63) is 59.2 Å². The molecule has 4 bridgehead atoms. The molecule has 3 rings (SSSR count). The lowest BCUT2D eigenvalue weighted by Crippen LogP contribution is -2.17. The predicted molar refractivity (Wildman–Crippen MR) is 69.6 cm³/mol. The molecule has 1 aliphatic rings. The highest BCUT2D eigenvalue weighted by molar-refractivity contribution is 5.21. The summed E-state index contributed by atoms with van der Waals surface area (Å²) in [7, 11) is 0. The minimum Gasteiger partial charge on any atom is -0.309 e. The van der Waals surface area contributed by atoms with Crippen LogP contribution in [0.25, 0.3) is 0 Å². The van der Waals surface area contributed by atoms with Crippen molar-refractivity contribution in [3.8, 4) is 0 Å². The monoisotopic (exact) mass is 240 g/mol. The molecular formula is C14H16N4. The van der Waals surface area contributed by atoms with E-state index in [-0.39, 0.29) is 0 Å². The molecule has 2 N–H and O–H groups in total. The first-order valence-electron chi connectivity index (χ1n) is 6.17. The highest BCUT2D eigenvalue weighted by Gasteiger charge is 2.02. The molecule has 0 aromatic carbocycles. The number of hydrogen-bond acceptors (Lipinski definition) is 4. The summed E-state index contributed by atoms with van der Waals surface area (Å²) in [5.41, 5.74) is 4.89. The van der Waals surface area contributed by atoms with Crippen molar-refractivity contribution in [2.45, 2.75) is 26.2 Å². The van der Waals surface area contributed by atoms with E-state index in [1.165, 1.54) is 22.3 Å². The summed E-state index contributed by atoms with van der Waals surface area (Å²) in [5.74, 6) is 0. The summed E-state index contributed by atoms with van der Waals surface area (Å²) in [6.07, 6.45) is 7.65. The van der Waals surface area contributed by atoms with Crippen LogP contribution in [-0.2, 0) is 26.2 Å². The summed E-state index contributed by atoms with van der Waals surface area (Å²) in [4.78, 5) is 8.54. The largest absolute Gasteiger partial charge is 0.309 e. The van der Waals surface area contributed by atoms with E-state index in [0.29, 0.717) is 0 Å². The van der Waals surface area contributed by atoms with Gasteiger partial charge in [0.25, 0.3) is 0 Å². The van der Waals surface area contributed by atoms with Gasteiger partial charge in [0.15, 0.2) is 0 Å². The zero-order chi connectivity index (χ0) is 12.2. The van der Waals surface area contributed by atoms with Crippen molar-refractivity contribution in [3.63, 3.8) is 0 Å². The van der Waals surface area contributed by atoms with Crippen molar-refractivity contribution in [1.82, 2.24) is 20.6 Å². The summed E-state index contributed by atoms with van der Waals surface area (Å²) < 4.78 is 0. The smallest absolute Gasteiger partial charge is 0.0313 e. The van der Waals surface area contributed by atoms with Gasteiger partial charge in [0.2, 0.25) is 0 Å². The number of nitrogens with one attached hydrogen (secondary N) is 2. The molecule has 92 valence electrons. The molecule has 0 amide bonds. The van der Waals surface area contributed by atoms with Crippen LogP contribution in [-0.4, -0.2) is 9.97 Å². The molecule has 0 atom stereocenters. The summed E-state index contributed by atoms with van der Waals surface area (Å²) in [6, 6.07) is 4.39. The molecule has 2 aromatic heterocycles. The lowest BCUT2D eigenvalue weighted by molar-refractivity contribution is 0.662. The molecule has 0 radical (unpaired) electrons. The molecule has 18 heavy (non-hydrogen) atoms. The maximum absolute atomic E-state index is 4.27. The Morgan fingerprint density at radius 3 is 1.28 bits per heavy atom. The van der Waals surface area contributed by atoms with Gasteiger partial charge >= 0.3 is 0 Å². The van der Waals surface area contributed by atoms with Crippen molar-refractivity contribution < 1.29 is 0 Å². The molecule has 4 heteroatoms. The highest BCUT2D eigenvalue weighted by atomic mass is 14.9. The van der Waals surface area contributed by atoms with Crippen LogP contribution >= 0.6 is 0 Å². The Kier molecular flexibility index (Phi) is 3.30. The van der Waals surface area contributed by atoms with Gasteiger partial charge < -0.3 is 10.6 Å². The average molecular weight is 240 g/mol. The summed E-state index contributed by atoms with van der Waals surface area (Å²) in [5, 5.41) is 6.84. The van der Waals surface area contributed by atoms with Crippen LogP contribution in [0.4, 0.5) is 0 Å². The number of aromatic nitrogens is 2. The van der Waals surface area contributed by atoms with Gasteiger partial charge in [-0.3, -0.25) is 9.97 Å². The van der Waals surface area contributed by atoms with Crippen LogP contribution in [0, 0.1) is 0 Å². The third-order valence-corrected chi connectivity index (χ3v) is 3.02. The van der Waals surface area contributed by atoms with Crippen LogP contribution in [0.2, 0.25) is 0 Å². The minimum atomic E-state index is 0.838. The molecule has 1 aliphatic heterocycles. The maximum atomic E-state index is 4.27. The van der Waals surface area contributed by atoms with Crippen molar-refractivity contribution >= 4 is 0 Å². The van der Waals surface area contributed by atoms with E-state index in [2.05, 4.69) is 32.7 Å². The Hall–Kier alpha value is -1.78. The van der Waals surface area contributed by atoms with Crippen molar-refractivity contribution in [2.24, 2.45) is 0 Å². The van der Waals surface area contributed by atoms with E-state index in [0.717, 1.165) is 26.2 Å². The molecule has 0 saturated heterocycles. The van der Waals surface area contributed by atoms with Gasteiger partial charge in [0, 0.05) is 51.0 Å². The van der Waals surface area contributed by atoms with Gasteiger partial charge in [-0.2, -0.15) is 0 Å². The second kappa shape index (κ2) is 5.25. The minimum absolute atomic E-state index is 0.838. The molecule has 0 aliphatic carbocycles. The zero-order valence-corrected chi connectivity index (χ0v) is 10.2. The third kappa shape index (κ3) is 2.72. The van der Waals surface area contributed by atoms with E-state index < -0.39 is 0 Å². The van der Waals surface area contributed by atoms with Crippen LogP contribution in [0.5, 0.6) is 0 Å². The zero-order valence-electron chi connectivity index (χ0n) is 10.2. The first-order chi connectivity index (χ1) is 8.90. The van der Waals surface area contributed by atoms with Gasteiger partial charge in [0.05, 0.1) is 0 Å². The Bertz CT molecular complexity index is 451. The van der Waals surface area contributed by atoms with E-state index in [4.69, 9.17) is 0 Å². The number of fused-ring (bicyclic) bond motifs is 4. The van der Waals surface area contributed by atoms with Gasteiger partial charge in [-0.25, -0.2) is 0 Å². The third-order valence-electron chi connectivity index (χ3n) is 3.02.